The molecule has 16 heavy (non-hydrogen) atoms. The van der Waals surface area contributed by atoms with E-state index in [1.807, 2.05) is 0 Å². The molecule has 0 bridgehead atoms. The molecule has 0 unspecified atom stereocenters. The summed E-state index contributed by atoms with van der Waals surface area (Å²) < 4.78 is 5.32. The first-order chi connectivity index (χ1) is 7.86. The van der Waals surface area contributed by atoms with Crippen LogP contribution in [0.3, 0.4) is 0 Å². The molecular formula is C12H26N2O2. The van der Waals surface area contributed by atoms with Crippen molar-refractivity contribution >= 4 is 0 Å². The van der Waals surface area contributed by atoms with Crippen molar-refractivity contribution in [2.45, 2.75) is 19.8 Å². The van der Waals surface area contributed by atoms with Gasteiger partial charge in [-0.2, -0.15) is 0 Å². The lowest BCUT2D eigenvalue weighted by Crippen LogP contribution is -2.42. The molecule has 0 aromatic carbocycles. The molecule has 0 atom stereocenters. The number of hydrogen-bond donors (Lipinski definition) is 1. The molecule has 0 aromatic rings. The third-order valence-electron chi connectivity index (χ3n) is 3.08. The molecule has 1 N–H and O–H groups in total. The second-order valence-electron chi connectivity index (χ2n) is 4.37. The van der Waals surface area contributed by atoms with Gasteiger partial charge in [-0.15, -0.1) is 0 Å². The number of morpholine rings is 1. The SMILES string of the molecule is CCCCN(CCO)CCN1CCOCC1. The summed E-state index contributed by atoms with van der Waals surface area (Å²) in [5, 5.41) is 9.00. The van der Waals surface area contributed by atoms with Crippen LogP contribution in [0.15, 0.2) is 0 Å². The van der Waals surface area contributed by atoms with Gasteiger partial charge in [0.05, 0.1) is 19.8 Å². The fourth-order valence-corrected chi connectivity index (χ4v) is 1.97. The summed E-state index contributed by atoms with van der Waals surface area (Å²) in [5.41, 5.74) is 0. The van der Waals surface area contributed by atoms with E-state index in [1.54, 1.807) is 0 Å². The lowest BCUT2D eigenvalue weighted by Gasteiger charge is -2.29. The van der Waals surface area contributed by atoms with Crippen LogP contribution in [0.1, 0.15) is 19.8 Å². The van der Waals surface area contributed by atoms with Gasteiger partial charge < -0.3 is 9.84 Å². The van der Waals surface area contributed by atoms with E-state index in [4.69, 9.17) is 9.84 Å². The average molecular weight is 230 g/mol. The highest BCUT2D eigenvalue weighted by molar-refractivity contribution is 4.65. The van der Waals surface area contributed by atoms with E-state index in [9.17, 15) is 0 Å². The maximum Gasteiger partial charge on any atom is 0.0594 e. The molecule has 1 heterocycles. The summed E-state index contributed by atoms with van der Waals surface area (Å²) in [4.78, 5) is 4.80. The molecule has 4 heteroatoms. The lowest BCUT2D eigenvalue weighted by atomic mass is 10.3. The molecule has 96 valence electrons. The van der Waals surface area contributed by atoms with E-state index in [2.05, 4.69) is 16.7 Å². The number of aliphatic hydroxyl groups is 1. The van der Waals surface area contributed by atoms with Crippen molar-refractivity contribution < 1.29 is 9.84 Å². The Morgan fingerprint density at radius 3 is 2.56 bits per heavy atom. The summed E-state index contributed by atoms with van der Waals surface area (Å²) in [7, 11) is 0. The molecule has 0 aliphatic carbocycles. The minimum absolute atomic E-state index is 0.271. The van der Waals surface area contributed by atoms with Gasteiger partial charge in [-0.25, -0.2) is 0 Å². The molecule has 1 aliphatic heterocycles. The van der Waals surface area contributed by atoms with Crippen LogP contribution in [0.2, 0.25) is 0 Å². The van der Waals surface area contributed by atoms with Gasteiger partial charge in [0.25, 0.3) is 0 Å². The summed E-state index contributed by atoms with van der Waals surface area (Å²) in [6, 6.07) is 0. The number of aliphatic hydroxyl groups excluding tert-OH is 1. The first-order valence-corrected chi connectivity index (χ1v) is 6.50. The highest BCUT2D eigenvalue weighted by atomic mass is 16.5. The zero-order valence-corrected chi connectivity index (χ0v) is 10.5. The van der Waals surface area contributed by atoms with Gasteiger partial charge in [0.2, 0.25) is 0 Å². The van der Waals surface area contributed by atoms with E-state index >= 15 is 0 Å². The van der Waals surface area contributed by atoms with Crippen LogP contribution >= 0.6 is 0 Å². The van der Waals surface area contributed by atoms with Crippen molar-refractivity contribution in [3.8, 4) is 0 Å². The maximum absolute atomic E-state index is 9.00. The molecule has 4 nitrogen and oxygen atoms in total. The van der Waals surface area contributed by atoms with Gasteiger partial charge in [0, 0.05) is 32.7 Å². The number of rotatable bonds is 8. The number of unbranched alkanes of at least 4 members (excludes halogenated alkanes) is 1. The highest BCUT2D eigenvalue weighted by Gasteiger charge is 2.11. The van der Waals surface area contributed by atoms with Gasteiger partial charge in [-0.1, -0.05) is 13.3 Å². The molecule has 1 aliphatic rings. The van der Waals surface area contributed by atoms with Crippen molar-refractivity contribution in [3.05, 3.63) is 0 Å². The Morgan fingerprint density at radius 1 is 1.19 bits per heavy atom. The van der Waals surface area contributed by atoms with E-state index in [-0.39, 0.29) is 6.61 Å². The fourth-order valence-electron chi connectivity index (χ4n) is 1.97. The summed E-state index contributed by atoms with van der Waals surface area (Å²) in [6.45, 7) is 10.4. The van der Waals surface area contributed by atoms with Crippen LogP contribution < -0.4 is 0 Å². The molecule has 1 rings (SSSR count). The third-order valence-corrected chi connectivity index (χ3v) is 3.08. The maximum atomic E-state index is 9.00. The molecule has 0 amide bonds. The molecular weight excluding hydrogens is 204 g/mol. The van der Waals surface area contributed by atoms with E-state index in [0.717, 1.165) is 52.5 Å². The molecule has 0 radical (unpaired) electrons. The van der Waals surface area contributed by atoms with Crippen LogP contribution in [0, 0.1) is 0 Å². The predicted molar refractivity (Wildman–Crippen MR) is 65.7 cm³/mol. The Bertz CT molecular complexity index is 161. The van der Waals surface area contributed by atoms with Crippen LogP contribution in [0.25, 0.3) is 0 Å². The Labute approximate surface area is 99.2 Å². The topological polar surface area (TPSA) is 35.9 Å². The van der Waals surface area contributed by atoms with E-state index in [0.29, 0.717) is 0 Å². The average Bonchev–Trinajstić information content (AvgIpc) is 2.34. The number of hydrogen-bond acceptors (Lipinski definition) is 4. The predicted octanol–water partition coefficient (Wildman–Crippen LogP) is 0.413. The van der Waals surface area contributed by atoms with Crippen LogP contribution in [-0.2, 0) is 4.74 Å². The fraction of sp³-hybridized carbons (Fsp3) is 1.00. The smallest absolute Gasteiger partial charge is 0.0594 e. The standard InChI is InChI=1S/C12H26N2O2/c1-2-3-4-13(7-10-15)5-6-14-8-11-16-12-9-14/h15H,2-12H2,1H3. The van der Waals surface area contributed by atoms with Gasteiger partial charge in [0.15, 0.2) is 0 Å². The monoisotopic (exact) mass is 230 g/mol. The van der Waals surface area contributed by atoms with Crippen LogP contribution in [-0.4, -0.2) is 74.0 Å². The minimum Gasteiger partial charge on any atom is -0.395 e. The Hall–Kier alpha value is -0.160. The third kappa shape index (κ3) is 5.80. The van der Waals surface area contributed by atoms with E-state index < -0.39 is 0 Å². The van der Waals surface area contributed by atoms with Crippen molar-refractivity contribution in [2.75, 3.05) is 59.1 Å². The zero-order chi connectivity index (χ0) is 11.6. The van der Waals surface area contributed by atoms with Gasteiger partial charge in [-0.3, -0.25) is 9.80 Å². The molecule has 0 saturated carbocycles. The van der Waals surface area contributed by atoms with Crippen LogP contribution in [0.4, 0.5) is 0 Å². The second-order valence-corrected chi connectivity index (χ2v) is 4.37. The molecule has 1 fully saturated rings. The van der Waals surface area contributed by atoms with Crippen molar-refractivity contribution in [2.24, 2.45) is 0 Å². The summed E-state index contributed by atoms with van der Waals surface area (Å²) in [6.07, 6.45) is 2.45. The van der Waals surface area contributed by atoms with Crippen molar-refractivity contribution in [1.82, 2.24) is 9.80 Å². The number of nitrogens with zero attached hydrogens (tertiary/aromatic N) is 2. The first kappa shape index (κ1) is 13.9. The minimum atomic E-state index is 0.271. The normalized spacial score (nSPS) is 18.2. The van der Waals surface area contributed by atoms with Crippen molar-refractivity contribution in [3.63, 3.8) is 0 Å². The summed E-state index contributed by atoms with van der Waals surface area (Å²) in [5.74, 6) is 0. The Balaban J connectivity index is 2.14. The largest absolute Gasteiger partial charge is 0.395 e. The highest BCUT2D eigenvalue weighted by Crippen LogP contribution is 1.99. The first-order valence-electron chi connectivity index (χ1n) is 6.50. The van der Waals surface area contributed by atoms with E-state index in [1.165, 1.54) is 12.8 Å². The quantitative estimate of drug-likeness (QED) is 0.655. The van der Waals surface area contributed by atoms with Gasteiger partial charge in [0.1, 0.15) is 0 Å². The molecule has 1 saturated heterocycles. The zero-order valence-electron chi connectivity index (χ0n) is 10.5. The van der Waals surface area contributed by atoms with Crippen molar-refractivity contribution in [1.29, 1.82) is 0 Å². The number of ether oxygens (including phenoxy) is 1. The lowest BCUT2D eigenvalue weighted by molar-refractivity contribution is 0.0324. The summed E-state index contributed by atoms with van der Waals surface area (Å²) >= 11 is 0. The Morgan fingerprint density at radius 2 is 1.94 bits per heavy atom. The Kier molecular flexibility index (Phi) is 7.76. The van der Waals surface area contributed by atoms with Crippen LogP contribution in [0.5, 0.6) is 0 Å². The molecule has 0 aromatic heterocycles. The molecule has 0 spiro atoms. The van der Waals surface area contributed by atoms with Gasteiger partial charge in [-0.05, 0) is 13.0 Å². The van der Waals surface area contributed by atoms with Gasteiger partial charge >= 0.3 is 0 Å². The second kappa shape index (κ2) is 8.93.